The lowest BCUT2D eigenvalue weighted by Crippen LogP contribution is -2.38. The molecule has 3 aliphatic rings. The Labute approximate surface area is 161 Å². The molecule has 0 radical (unpaired) electrons. The van der Waals surface area contributed by atoms with Crippen LogP contribution in [0, 0.1) is 0 Å². The van der Waals surface area contributed by atoms with Gasteiger partial charge in [-0.05, 0) is 36.6 Å². The monoisotopic (exact) mass is 380 g/mol. The summed E-state index contributed by atoms with van der Waals surface area (Å²) in [5.74, 6) is 0.269. The van der Waals surface area contributed by atoms with Gasteiger partial charge >= 0.3 is 0 Å². The van der Waals surface area contributed by atoms with Crippen LogP contribution in [0.5, 0.6) is 0 Å². The molecule has 0 amide bonds. The van der Waals surface area contributed by atoms with Crippen LogP contribution < -0.4 is 10.7 Å². The molecule has 1 saturated carbocycles. The lowest BCUT2D eigenvalue weighted by Gasteiger charge is -2.24. The van der Waals surface area contributed by atoms with Crippen molar-refractivity contribution in [3.05, 3.63) is 58.9 Å². The molecule has 0 bridgehead atoms. The largest absolute Gasteiger partial charge is 0.346 e. The normalized spacial score (nSPS) is 26.4. The molecular formula is C22H22F2N4. The zero-order chi connectivity index (χ0) is 19.1. The fourth-order valence-corrected chi connectivity index (χ4v) is 4.54. The van der Waals surface area contributed by atoms with E-state index in [0.717, 1.165) is 41.2 Å². The van der Waals surface area contributed by atoms with Crippen LogP contribution in [0.3, 0.4) is 0 Å². The van der Waals surface area contributed by atoms with E-state index in [4.69, 9.17) is 0 Å². The minimum atomic E-state index is -1.50. The molecule has 1 fully saturated rings. The van der Waals surface area contributed by atoms with E-state index in [-0.39, 0.29) is 0 Å². The number of H-pyrrole nitrogens is 1. The number of alkyl halides is 1. The number of hydrogen-bond donors (Lipinski definition) is 1. The Bertz CT molecular complexity index is 1110. The second kappa shape index (κ2) is 7.00. The van der Waals surface area contributed by atoms with Crippen molar-refractivity contribution in [2.45, 2.75) is 50.7 Å². The summed E-state index contributed by atoms with van der Waals surface area (Å²) in [5.41, 5.74) is 2.53. The third-order valence-corrected chi connectivity index (χ3v) is 5.91. The number of allylic oxidation sites excluding steroid dienone is 4. The van der Waals surface area contributed by atoms with Crippen LogP contribution in [-0.2, 0) is 0 Å². The van der Waals surface area contributed by atoms with Crippen molar-refractivity contribution in [2.75, 3.05) is 0 Å². The Morgan fingerprint density at radius 1 is 1.14 bits per heavy atom. The molecule has 5 rings (SSSR count). The Hall–Kier alpha value is -2.76. The fourth-order valence-electron chi connectivity index (χ4n) is 4.54. The van der Waals surface area contributed by atoms with E-state index in [1.165, 1.54) is 31.4 Å². The molecule has 1 aliphatic heterocycles. The van der Waals surface area contributed by atoms with Gasteiger partial charge in [-0.1, -0.05) is 25.3 Å². The first kappa shape index (κ1) is 17.3. The third-order valence-electron chi connectivity index (χ3n) is 5.91. The van der Waals surface area contributed by atoms with Gasteiger partial charge in [0.1, 0.15) is 17.8 Å². The van der Waals surface area contributed by atoms with Crippen LogP contribution in [0.4, 0.5) is 14.6 Å². The second-order valence-electron chi connectivity index (χ2n) is 7.62. The summed E-state index contributed by atoms with van der Waals surface area (Å²) in [6, 6.07) is 2.37. The third kappa shape index (κ3) is 2.87. The highest BCUT2D eigenvalue weighted by atomic mass is 19.1. The number of rotatable bonds is 1. The first-order valence-electron chi connectivity index (χ1n) is 9.92. The van der Waals surface area contributed by atoms with E-state index >= 15 is 0 Å². The molecule has 0 spiro atoms. The molecule has 28 heavy (non-hydrogen) atoms. The average molecular weight is 380 g/mol. The molecule has 0 aromatic carbocycles. The van der Waals surface area contributed by atoms with Crippen molar-refractivity contribution < 1.29 is 8.78 Å². The maximum atomic E-state index is 14.7. The summed E-state index contributed by atoms with van der Waals surface area (Å²) in [7, 11) is 0. The number of aliphatic imine (C=N–C) groups is 1. The number of aromatic amines is 1. The van der Waals surface area contributed by atoms with Crippen molar-refractivity contribution in [3.8, 4) is 0 Å². The van der Waals surface area contributed by atoms with Crippen LogP contribution >= 0.6 is 0 Å². The van der Waals surface area contributed by atoms with Crippen LogP contribution in [0.15, 0.2) is 47.6 Å². The summed E-state index contributed by atoms with van der Waals surface area (Å²) in [4.78, 5) is 12.2. The molecule has 2 aromatic heterocycles. The maximum absolute atomic E-state index is 14.7. The van der Waals surface area contributed by atoms with E-state index in [1.54, 1.807) is 0 Å². The van der Waals surface area contributed by atoms with Crippen molar-refractivity contribution in [1.82, 2.24) is 14.5 Å². The second-order valence-corrected chi connectivity index (χ2v) is 7.62. The van der Waals surface area contributed by atoms with E-state index in [2.05, 4.69) is 19.5 Å². The number of nitrogens with zero attached hydrogens (tertiary/aromatic N) is 3. The summed E-state index contributed by atoms with van der Waals surface area (Å²) >= 11 is 0. The quantitative estimate of drug-likeness (QED) is 0.801. The highest BCUT2D eigenvalue weighted by molar-refractivity contribution is 5.88. The lowest BCUT2D eigenvalue weighted by atomic mass is 9.94. The Morgan fingerprint density at radius 3 is 2.82 bits per heavy atom. The molecular weight excluding hydrogens is 358 g/mol. The summed E-state index contributed by atoms with van der Waals surface area (Å²) < 4.78 is 30.4. The molecule has 0 saturated heterocycles. The molecule has 6 heteroatoms. The van der Waals surface area contributed by atoms with Crippen molar-refractivity contribution in [1.29, 1.82) is 0 Å². The zero-order valence-electron chi connectivity index (χ0n) is 15.5. The van der Waals surface area contributed by atoms with Crippen LogP contribution in [-0.4, -0.2) is 26.9 Å². The minimum Gasteiger partial charge on any atom is -0.346 e. The van der Waals surface area contributed by atoms with Gasteiger partial charge < -0.3 is 9.55 Å². The molecule has 1 unspecified atom stereocenters. The van der Waals surface area contributed by atoms with Gasteiger partial charge in [-0.25, -0.2) is 18.8 Å². The minimum absolute atomic E-state index is 0.359. The van der Waals surface area contributed by atoms with Crippen LogP contribution in [0.2, 0.25) is 0 Å². The first-order valence-corrected chi connectivity index (χ1v) is 9.92. The number of halogens is 2. The van der Waals surface area contributed by atoms with Gasteiger partial charge in [0, 0.05) is 36.0 Å². The predicted molar refractivity (Wildman–Crippen MR) is 106 cm³/mol. The lowest BCUT2D eigenvalue weighted by molar-refractivity contribution is 0.347. The molecule has 2 aromatic rings. The molecule has 1 N–H and O–H groups in total. The summed E-state index contributed by atoms with van der Waals surface area (Å²) in [6.07, 6.45) is 14.4. The van der Waals surface area contributed by atoms with Gasteiger partial charge in [-0.2, -0.15) is 0 Å². The van der Waals surface area contributed by atoms with Gasteiger partial charge in [-0.3, -0.25) is 0 Å². The first-order chi connectivity index (χ1) is 13.7. The molecule has 4 nitrogen and oxygen atoms in total. The Morgan fingerprint density at radius 2 is 2.00 bits per heavy atom. The SMILES string of the molecule is FC1=CC(F)C(=c2ncn(C3CCCCC3)c2=C2CC=Nc3[nH]ccc32)C=C1. The van der Waals surface area contributed by atoms with Gasteiger partial charge in [0.05, 0.1) is 17.0 Å². The number of hydrogen-bond acceptors (Lipinski definition) is 2. The summed E-state index contributed by atoms with van der Waals surface area (Å²) in [5, 5.41) is 1.55. The number of fused-ring (bicyclic) bond motifs is 1. The van der Waals surface area contributed by atoms with Crippen LogP contribution in [0.1, 0.15) is 50.1 Å². The van der Waals surface area contributed by atoms with Gasteiger partial charge in [0.15, 0.2) is 0 Å². The zero-order valence-corrected chi connectivity index (χ0v) is 15.5. The molecule has 144 valence electrons. The van der Waals surface area contributed by atoms with E-state index in [9.17, 15) is 8.78 Å². The molecule has 3 heterocycles. The van der Waals surface area contributed by atoms with Crippen molar-refractivity contribution in [3.63, 3.8) is 0 Å². The topological polar surface area (TPSA) is 46.0 Å². The van der Waals surface area contributed by atoms with Crippen LogP contribution in [0.25, 0.3) is 11.1 Å². The maximum Gasteiger partial charge on any atom is 0.149 e. The smallest absolute Gasteiger partial charge is 0.149 e. The highest BCUT2D eigenvalue weighted by Crippen LogP contribution is 2.30. The molecule has 2 aliphatic carbocycles. The average Bonchev–Trinajstić information content (AvgIpc) is 3.35. The number of aromatic nitrogens is 3. The number of nitrogens with one attached hydrogen (secondary N) is 1. The van der Waals surface area contributed by atoms with Crippen molar-refractivity contribution in [2.24, 2.45) is 4.99 Å². The van der Waals surface area contributed by atoms with Crippen molar-refractivity contribution >= 4 is 23.2 Å². The van der Waals surface area contributed by atoms with E-state index < -0.39 is 12.0 Å². The highest BCUT2D eigenvalue weighted by Gasteiger charge is 2.23. The van der Waals surface area contributed by atoms with E-state index in [0.29, 0.717) is 23.4 Å². The standard InChI is InChI=1S/C22H22F2N4/c23-14-6-7-18(19(24)12-14)20-21(16-8-10-25-22-17(16)9-11-26-22)28(13-27-20)15-4-2-1-3-5-15/h6-7,9-13,15,19,26H,1-5,8H2. The number of imidazole rings is 1. The van der Waals surface area contributed by atoms with E-state index in [1.807, 2.05) is 24.8 Å². The predicted octanol–water partition coefficient (Wildman–Crippen LogP) is 3.93. The van der Waals surface area contributed by atoms with Gasteiger partial charge in [0.25, 0.3) is 0 Å². The Balaban J connectivity index is 1.82. The molecule has 1 atom stereocenters. The fraction of sp³-hybridized carbons (Fsp3) is 0.364. The van der Waals surface area contributed by atoms with Gasteiger partial charge in [0.2, 0.25) is 0 Å². The Kier molecular flexibility index (Phi) is 4.34. The summed E-state index contributed by atoms with van der Waals surface area (Å²) in [6.45, 7) is 0. The van der Waals surface area contributed by atoms with Gasteiger partial charge in [-0.15, -0.1) is 0 Å².